The number of hydrogen-bond acceptors (Lipinski definition) is 6. The maximum atomic E-state index is 12.1. The topological polar surface area (TPSA) is 121 Å². The molecule has 2 aliphatic heterocycles. The predicted octanol–water partition coefficient (Wildman–Crippen LogP) is 1.36. The van der Waals surface area contributed by atoms with Gasteiger partial charge in [0.1, 0.15) is 0 Å². The molecular weight excluding hydrogens is 392 g/mol. The van der Waals surface area contributed by atoms with Crippen LogP contribution in [0, 0.1) is 0 Å². The number of rotatable bonds is 5. The monoisotopic (exact) mass is 410 g/mol. The summed E-state index contributed by atoms with van der Waals surface area (Å²) < 4.78 is 24.1. The number of ketones is 1. The van der Waals surface area contributed by atoms with Crippen LogP contribution in [0.2, 0.25) is 0 Å². The number of anilines is 1. The van der Waals surface area contributed by atoms with Crippen LogP contribution in [0.25, 0.3) is 0 Å². The van der Waals surface area contributed by atoms with Crippen molar-refractivity contribution < 1.29 is 27.9 Å². The first-order valence-corrected chi connectivity index (χ1v) is 11.0. The van der Waals surface area contributed by atoms with E-state index in [9.17, 15) is 22.8 Å². The number of carboxylic acid groups (broad SMARTS) is 1. The second-order valence-electron chi connectivity index (χ2n) is 6.43. The lowest BCUT2D eigenvalue weighted by Crippen LogP contribution is -2.38. The van der Waals surface area contributed by atoms with Gasteiger partial charge in [0.2, 0.25) is 5.91 Å². The number of thioether (sulfide) groups is 1. The molecule has 8 nitrogen and oxygen atoms in total. The molecular formula is C17H18N2O6S2. The molecule has 2 fully saturated rings. The third-order valence-corrected chi connectivity index (χ3v) is 7.59. The van der Waals surface area contributed by atoms with Gasteiger partial charge in [-0.3, -0.25) is 14.4 Å². The number of para-hydroxylation sites is 1. The van der Waals surface area contributed by atoms with Gasteiger partial charge in [-0.05, 0) is 19.1 Å². The van der Waals surface area contributed by atoms with Crippen LogP contribution < -0.4 is 4.90 Å². The normalized spacial score (nSPS) is 24.8. The number of sulfone groups is 1. The SMILES string of the molecule is CC(=O)c1ccccc1N1C(=NC(=O)CCC(=O)O)SC2CS(=O)(=O)CC21. The number of hydrogen-bond donors (Lipinski definition) is 1. The molecule has 0 saturated carbocycles. The minimum atomic E-state index is -3.22. The summed E-state index contributed by atoms with van der Waals surface area (Å²) in [4.78, 5) is 40.4. The third-order valence-electron chi connectivity index (χ3n) is 4.38. The molecule has 1 amide bonds. The minimum absolute atomic E-state index is 0.0244. The van der Waals surface area contributed by atoms with Crippen LogP contribution in [-0.2, 0) is 19.4 Å². The fourth-order valence-electron chi connectivity index (χ4n) is 3.20. The Kier molecular flexibility index (Phi) is 5.38. The van der Waals surface area contributed by atoms with Crippen LogP contribution in [0.5, 0.6) is 0 Å². The van der Waals surface area contributed by atoms with E-state index in [4.69, 9.17) is 5.11 Å². The lowest BCUT2D eigenvalue weighted by Gasteiger charge is -2.26. The van der Waals surface area contributed by atoms with E-state index in [1.165, 1.54) is 18.7 Å². The maximum absolute atomic E-state index is 12.1. The zero-order valence-corrected chi connectivity index (χ0v) is 16.1. The van der Waals surface area contributed by atoms with Gasteiger partial charge in [0.05, 0.1) is 29.7 Å². The molecule has 27 heavy (non-hydrogen) atoms. The molecule has 2 heterocycles. The third kappa shape index (κ3) is 4.22. The first kappa shape index (κ1) is 19.6. The van der Waals surface area contributed by atoms with Crippen molar-refractivity contribution in [2.24, 2.45) is 4.99 Å². The van der Waals surface area contributed by atoms with E-state index < -0.39 is 27.8 Å². The van der Waals surface area contributed by atoms with E-state index in [0.717, 1.165) is 0 Å². The Bertz CT molecular complexity index is 940. The molecule has 1 aromatic carbocycles. The lowest BCUT2D eigenvalue weighted by molar-refractivity contribution is -0.138. The van der Waals surface area contributed by atoms with E-state index in [2.05, 4.69) is 4.99 Å². The zero-order chi connectivity index (χ0) is 19.8. The summed E-state index contributed by atoms with van der Waals surface area (Å²) in [7, 11) is -3.22. The van der Waals surface area contributed by atoms with Crippen molar-refractivity contribution in [1.29, 1.82) is 0 Å². The number of Topliss-reactive ketones (excluding diaryl/α,β-unsaturated/α-hetero) is 1. The van der Waals surface area contributed by atoms with Crippen LogP contribution in [0.1, 0.15) is 30.1 Å². The molecule has 1 aromatic rings. The van der Waals surface area contributed by atoms with Crippen LogP contribution in [0.4, 0.5) is 5.69 Å². The van der Waals surface area contributed by atoms with Crippen LogP contribution in [-0.4, -0.2) is 59.1 Å². The standard InChI is InChI=1S/C17H18N2O6S2/c1-10(20)11-4-2-3-5-12(11)19-13-8-27(24,25)9-14(13)26-17(19)18-15(21)6-7-16(22)23/h2-5,13-14H,6-9H2,1H3,(H,22,23). The molecule has 0 aliphatic carbocycles. The maximum Gasteiger partial charge on any atom is 0.303 e. The number of carbonyl (C=O) groups excluding carboxylic acids is 2. The Morgan fingerprint density at radius 1 is 1.22 bits per heavy atom. The fourth-order valence-corrected chi connectivity index (χ4v) is 7.13. The molecule has 2 aliphatic rings. The summed E-state index contributed by atoms with van der Waals surface area (Å²) in [6.07, 6.45) is -0.569. The fraction of sp³-hybridized carbons (Fsp3) is 0.412. The predicted molar refractivity (Wildman–Crippen MR) is 102 cm³/mol. The summed E-state index contributed by atoms with van der Waals surface area (Å²) in [5.74, 6) is -1.98. The Balaban J connectivity index is 2.00. The summed E-state index contributed by atoms with van der Waals surface area (Å²) in [6.45, 7) is 1.42. The largest absolute Gasteiger partial charge is 0.481 e. The smallest absolute Gasteiger partial charge is 0.303 e. The molecule has 2 saturated heterocycles. The highest BCUT2D eigenvalue weighted by atomic mass is 32.2. The van der Waals surface area contributed by atoms with Gasteiger partial charge in [0.25, 0.3) is 0 Å². The summed E-state index contributed by atoms with van der Waals surface area (Å²) in [5, 5.41) is 8.74. The molecule has 3 rings (SSSR count). The minimum Gasteiger partial charge on any atom is -0.481 e. The molecule has 0 spiro atoms. The Morgan fingerprint density at radius 2 is 1.93 bits per heavy atom. The second kappa shape index (κ2) is 7.43. The Hall–Kier alpha value is -2.20. The van der Waals surface area contributed by atoms with Crippen molar-refractivity contribution in [3.63, 3.8) is 0 Å². The number of benzene rings is 1. The highest BCUT2D eigenvalue weighted by Crippen LogP contribution is 2.42. The quantitative estimate of drug-likeness (QED) is 0.722. The lowest BCUT2D eigenvalue weighted by atomic mass is 10.1. The first-order chi connectivity index (χ1) is 12.7. The number of amides is 1. The molecule has 0 radical (unpaired) electrons. The number of carboxylic acids is 1. The van der Waals surface area contributed by atoms with Gasteiger partial charge in [-0.2, -0.15) is 4.99 Å². The summed E-state index contributed by atoms with van der Waals surface area (Å²) in [6, 6.07) is 6.35. The van der Waals surface area contributed by atoms with E-state index in [-0.39, 0.29) is 35.4 Å². The van der Waals surface area contributed by atoms with E-state index in [0.29, 0.717) is 16.4 Å². The number of nitrogens with zero attached hydrogens (tertiary/aromatic N) is 2. The molecule has 2 atom stereocenters. The van der Waals surface area contributed by atoms with E-state index >= 15 is 0 Å². The van der Waals surface area contributed by atoms with E-state index in [1.807, 2.05) is 0 Å². The molecule has 2 unspecified atom stereocenters. The van der Waals surface area contributed by atoms with Gasteiger partial charge < -0.3 is 10.0 Å². The van der Waals surface area contributed by atoms with Gasteiger partial charge in [-0.25, -0.2) is 8.42 Å². The Morgan fingerprint density at radius 3 is 2.59 bits per heavy atom. The molecule has 10 heteroatoms. The second-order valence-corrected chi connectivity index (χ2v) is 9.79. The first-order valence-electron chi connectivity index (χ1n) is 8.27. The highest BCUT2D eigenvalue weighted by Gasteiger charge is 2.49. The van der Waals surface area contributed by atoms with Crippen molar-refractivity contribution >= 4 is 50.1 Å². The van der Waals surface area contributed by atoms with Crippen molar-refractivity contribution in [2.45, 2.75) is 31.1 Å². The molecule has 1 N–H and O–H groups in total. The molecule has 144 valence electrons. The van der Waals surface area contributed by atoms with Crippen molar-refractivity contribution in [2.75, 3.05) is 16.4 Å². The van der Waals surface area contributed by atoms with Crippen LogP contribution in [0.3, 0.4) is 0 Å². The molecule has 0 bridgehead atoms. The average Bonchev–Trinajstić information content (AvgIpc) is 3.03. The highest BCUT2D eigenvalue weighted by molar-refractivity contribution is 8.16. The number of fused-ring (bicyclic) bond motifs is 1. The van der Waals surface area contributed by atoms with Crippen molar-refractivity contribution in [3.05, 3.63) is 29.8 Å². The van der Waals surface area contributed by atoms with Gasteiger partial charge in [0, 0.05) is 17.2 Å². The van der Waals surface area contributed by atoms with E-state index in [1.54, 1.807) is 29.2 Å². The van der Waals surface area contributed by atoms with Gasteiger partial charge in [0.15, 0.2) is 20.8 Å². The molecule has 0 aromatic heterocycles. The number of amidine groups is 1. The Labute approximate surface area is 160 Å². The zero-order valence-electron chi connectivity index (χ0n) is 14.5. The number of aliphatic carboxylic acids is 1. The van der Waals surface area contributed by atoms with Gasteiger partial charge in [-0.15, -0.1) is 0 Å². The summed E-state index contributed by atoms with van der Waals surface area (Å²) in [5.41, 5.74) is 0.917. The average molecular weight is 410 g/mol. The van der Waals surface area contributed by atoms with Gasteiger partial charge >= 0.3 is 5.97 Å². The number of aliphatic imine (C=N–C) groups is 1. The summed E-state index contributed by atoms with van der Waals surface area (Å²) >= 11 is 1.19. The van der Waals surface area contributed by atoms with Gasteiger partial charge in [-0.1, -0.05) is 23.9 Å². The van der Waals surface area contributed by atoms with Crippen molar-refractivity contribution in [1.82, 2.24) is 0 Å². The number of carbonyl (C=O) groups is 3. The van der Waals surface area contributed by atoms with Crippen LogP contribution >= 0.6 is 11.8 Å². The van der Waals surface area contributed by atoms with Crippen LogP contribution in [0.15, 0.2) is 29.3 Å². The van der Waals surface area contributed by atoms with Crippen molar-refractivity contribution in [3.8, 4) is 0 Å².